The van der Waals surface area contributed by atoms with E-state index < -0.39 is 6.10 Å². The zero-order valence-electron chi connectivity index (χ0n) is 45.8. The van der Waals surface area contributed by atoms with Crippen molar-refractivity contribution in [2.45, 2.75) is 277 Å². The van der Waals surface area contributed by atoms with Crippen molar-refractivity contribution in [1.29, 1.82) is 0 Å². The Balaban J connectivity index is 4.25. The van der Waals surface area contributed by atoms with E-state index in [0.29, 0.717) is 19.3 Å². The molecule has 1 unspecified atom stereocenters. The molecule has 0 aliphatic heterocycles. The Labute approximate surface area is 432 Å². The summed E-state index contributed by atoms with van der Waals surface area (Å²) in [7, 11) is 0. The number of allylic oxidation sites excluding steroid dienone is 16. The summed E-state index contributed by atoms with van der Waals surface area (Å²) in [6, 6.07) is 0. The van der Waals surface area contributed by atoms with Crippen molar-refractivity contribution in [2.75, 3.05) is 13.2 Å². The van der Waals surface area contributed by atoms with E-state index in [9.17, 15) is 14.4 Å². The predicted molar refractivity (Wildman–Crippen MR) is 302 cm³/mol. The molecule has 0 aromatic rings. The second-order valence-electron chi connectivity index (χ2n) is 19.2. The van der Waals surface area contributed by atoms with Crippen LogP contribution in [0.5, 0.6) is 0 Å². The lowest BCUT2D eigenvalue weighted by molar-refractivity contribution is -0.167. The fourth-order valence-electron chi connectivity index (χ4n) is 7.95. The van der Waals surface area contributed by atoms with Crippen LogP contribution in [0.15, 0.2) is 97.2 Å². The van der Waals surface area contributed by atoms with Gasteiger partial charge < -0.3 is 14.2 Å². The van der Waals surface area contributed by atoms with Gasteiger partial charge in [-0.25, -0.2) is 0 Å². The molecular formula is C64H108O6. The summed E-state index contributed by atoms with van der Waals surface area (Å²) in [6.45, 7) is 6.48. The smallest absolute Gasteiger partial charge is 0.306 e. The summed E-state index contributed by atoms with van der Waals surface area (Å²) in [6.07, 6.45) is 76.9. The second-order valence-corrected chi connectivity index (χ2v) is 19.2. The van der Waals surface area contributed by atoms with E-state index in [1.165, 1.54) is 109 Å². The van der Waals surface area contributed by atoms with Crippen LogP contribution in [0, 0.1) is 0 Å². The second kappa shape index (κ2) is 57.9. The van der Waals surface area contributed by atoms with Crippen LogP contribution < -0.4 is 0 Å². The molecule has 0 fully saturated rings. The van der Waals surface area contributed by atoms with Crippen molar-refractivity contribution in [3.63, 3.8) is 0 Å². The van der Waals surface area contributed by atoms with E-state index in [1.807, 2.05) is 0 Å². The molecule has 6 nitrogen and oxygen atoms in total. The Morgan fingerprint density at radius 2 is 0.557 bits per heavy atom. The van der Waals surface area contributed by atoms with Gasteiger partial charge in [0.05, 0.1) is 0 Å². The van der Waals surface area contributed by atoms with Gasteiger partial charge in [0.25, 0.3) is 0 Å². The number of carbonyl (C=O) groups excluding carboxylic acids is 3. The summed E-state index contributed by atoms with van der Waals surface area (Å²) in [4.78, 5) is 38.0. The molecule has 0 radical (unpaired) electrons. The van der Waals surface area contributed by atoms with Crippen LogP contribution in [-0.2, 0) is 28.6 Å². The number of esters is 3. The van der Waals surface area contributed by atoms with Crippen LogP contribution in [0.2, 0.25) is 0 Å². The molecule has 0 aromatic heterocycles. The van der Waals surface area contributed by atoms with Gasteiger partial charge in [-0.15, -0.1) is 0 Å². The lowest BCUT2D eigenvalue weighted by Crippen LogP contribution is -2.30. The Bertz CT molecular complexity index is 1400. The fraction of sp³-hybridized carbons (Fsp3) is 0.703. The molecule has 0 rings (SSSR count). The minimum absolute atomic E-state index is 0.0822. The molecular weight excluding hydrogens is 865 g/mol. The van der Waals surface area contributed by atoms with Crippen molar-refractivity contribution in [3.8, 4) is 0 Å². The third kappa shape index (κ3) is 55.3. The molecule has 0 bridgehead atoms. The summed E-state index contributed by atoms with van der Waals surface area (Å²) in [5.41, 5.74) is 0. The maximum absolute atomic E-state index is 12.8. The Morgan fingerprint density at radius 3 is 0.914 bits per heavy atom. The average Bonchev–Trinajstić information content (AvgIpc) is 3.36. The number of ether oxygens (including phenoxy) is 3. The number of carbonyl (C=O) groups is 3. The largest absolute Gasteiger partial charge is 0.462 e. The van der Waals surface area contributed by atoms with Gasteiger partial charge in [-0.05, 0) is 103 Å². The van der Waals surface area contributed by atoms with Gasteiger partial charge >= 0.3 is 17.9 Å². The maximum Gasteiger partial charge on any atom is 0.306 e. The van der Waals surface area contributed by atoms with Gasteiger partial charge in [0.2, 0.25) is 0 Å². The van der Waals surface area contributed by atoms with E-state index in [2.05, 4.69) is 118 Å². The summed E-state index contributed by atoms with van der Waals surface area (Å²) in [5.74, 6) is -0.901. The highest BCUT2D eigenvalue weighted by atomic mass is 16.6. The highest BCUT2D eigenvalue weighted by Gasteiger charge is 2.19. The molecule has 0 heterocycles. The quantitative estimate of drug-likeness (QED) is 0.0262. The van der Waals surface area contributed by atoms with E-state index >= 15 is 0 Å². The first-order valence-corrected chi connectivity index (χ1v) is 29.2. The van der Waals surface area contributed by atoms with Crippen LogP contribution in [0.1, 0.15) is 271 Å². The maximum atomic E-state index is 12.8. The van der Waals surface area contributed by atoms with Crippen molar-refractivity contribution in [3.05, 3.63) is 97.2 Å². The van der Waals surface area contributed by atoms with Crippen LogP contribution in [-0.4, -0.2) is 37.2 Å². The molecule has 0 N–H and O–H groups in total. The lowest BCUT2D eigenvalue weighted by Gasteiger charge is -2.18. The molecule has 0 spiro atoms. The molecule has 0 aromatic carbocycles. The Morgan fingerprint density at radius 1 is 0.300 bits per heavy atom. The molecule has 70 heavy (non-hydrogen) atoms. The van der Waals surface area contributed by atoms with E-state index in [0.717, 1.165) is 122 Å². The van der Waals surface area contributed by atoms with Gasteiger partial charge in [0.1, 0.15) is 13.2 Å². The third-order valence-corrected chi connectivity index (χ3v) is 12.3. The first kappa shape index (κ1) is 66.3. The normalized spacial score (nSPS) is 12.8. The zero-order valence-corrected chi connectivity index (χ0v) is 45.8. The van der Waals surface area contributed by atoms with Crippen LogP contribution >= 0.6 is 0 Å². The van der Waals surface area contributed by atoms with Crippen molar-refractivity contribution >= 4 is 17.9 Å². The molecule has 0 saturated heterocycles. The minimum Gasteiger partial charge on any atom is -0.462 e. The first-order chi connectivity index (χ1) is 34.5. The first-order valence-electron chi connectivity index (χ1n) is 29.2. The summed E-state index contributed by atoms with van der Waals surface area (Å²) < 4.78 is 16.8. The Kier molecular flexibility index (Phi) is 54.9. The van der Waals surface area contributed by atoms with Crippen LogP contribution in [0.4, 0.5) is 0 Å². The summed E-state index contributed by atoms with van der Waals surface area (Å²) >= 11 is 0. The molecule has 6 heteroatoms. The average molecular weight is 974 g/mol. The zero-order chi connectivity index (χ0) is 50.7. The van der Waals surface area contributed by atoms with Gasteiger partial charge in [0.15, 0.2) is 6.10 Å². The van der Waals surface area contributed by atoms with Gasteiger partial charge in [-0.1, -0.05) is 246 Å². The van der Waals surface area contributed by atoms with Crippen LogP contribution in [0.25, 0.3) is 0 Å². The number of unbranched alkanes of at least 4 members (excludes halogenated alkanes) is 25. The van der Waals surface area contributed by atoms with Crippen molar-refractivity contribution < 1.29 is 28.6 Å². The van der Waals surface area contributed by atoms with E-state index in [1.54, 1.807) is 0 Å². The monoisotopic (exact) mass is 973 g/mol. The number of rotatable bonds is 52. The highest BCUT2D eigenvalue weighted by Crippen LogP contribution is 2.15. The van der Waals surface area contributed by atoms with Crippen LogP contribution in [0.3, 0.4) is 0 Å². The van der Waals surface area contributed by atoms with Gasteiger partial charge in [-0.2, -0.15) is 0 Å². The number of hydrogen-bond acceptors (Lipinski definition) is 6. The molecule has 0 amide bonds. The SMILES string of the molecule is CC/C=C\C/C=C\C/C=C\C/C=C\C/C=C\C/C=C\C/C=C\CCCCCCCCCC(=O)OCC(COC(=O)CCCCCCCCCCCCC)OC(=O)CCCCCCC/C=C\CCCCC. The standard InChI is InChI=1S/C64H108O6/c1-4-7-10-13-16-19-22-24-25-26-27-28-29-30-31-32-33-34-35-36-37-38-39-40-43-45-48-51-54-57-63(66)69-60-61(59-68-62(65)56-53-50-47-44-41-21-18-15-12-9-6-3)70-64(67)58-55-52-49-46-42-23-20-17-14-11-8-5-2/h7,10,16-17,19-20,24-25,27-28,30-31,33-34,36-37,61H,4-6,8-9,11-15,18,21-23,26,29,32,35,38-60H2,1-3H3/b10-7-,19-16-,20-17-,25-24-,28-27-,31-30-,34-33-,37-36-. The topological polar surface area (TPSA) is 78.9 Å². The third-order valence-electron chi connectivity index (χ3n) is 12.3. The van der Waals surface area contributed by atoms with E-state index in [-0.39, 0.29) is 31.1 Å². The molecule has 1 atom stereocenters. The fourth-order valence-corrected chi connectivity index (χ4v) is 7.95. The summed E-state index contributed by atoms with van der Waals surface area (Å²) in [5, 5.41) is 0. The molecule has 400 valence electrons. The molecule has 0 saturated carbocycles. The number of hydrogen-bond donors (Lipinski definition) is 0. The van der Waals surface area contributed by atoms with Gasteiger partial charge in [0, 0.05) is 19.3 Å². The Hall–Kier alpha value is -3.67. The highest BCUT2D eigenvalue weighted by molar-refractivity contribution is 5.71. The van der Waals surface area contributed by atoms with Gasteiger partial charge in [-0.3, -0.25) is 14.4 Å². The predicted octanol–water partition coefficient (Wildman–Crippen LogP) is 19.7. The van der Waals surface area contributed by atoms with Crippen molar-refractivity contribution in [1.82, 2.24) is 0 Å². The molecule has 0 aliphatic rings. The van der Waals surface area contributed by atoms with Crippen molar-refractivity contribution in [2.24, 2.45) is 0 Å². The molecule has 0 aliphatic carbocycles. The minimum atomic E-state index is -0.784. The lowest BCUT2D eigenvalue weighted by atomic mass is 10.1. The van der Waals surface area contributed by atoms with E-state index in [4.69, 9.17) is 14.2 Å².